The van der Waals surface area contributed by atoms with Crippen LogP contribution in [0.1, 0.15) is 46.0 Å². The van der Waals surface area contributed by atoms with Crippen molar-refractivity contribution in [3.8, 4) is 0 Å². The standard InChI is InChI=1S/C18H32N4/c1-18(2)12-6-3-5-11-15-13(7-4-8-20-15)22(16(11)12)14-9-19-10-21-17(14)18/h11-17,19-21H,3-10H2,1-2H3. The third-order valence-electron chi connectivity index (χ3n) is 7.89. The van der Waals surface area contributed by atoms with Gasteiger partial charge in [-0.25, -0.2) is 0 Å². The van der Waals surface area contributed by atoms with E-state index in [2.05, 4.69) is 34.7 Å². The Morgan fingerprint density at radius 3 is 2.82 bits per heavy atom. The second-order valence-electron chi connectivity index (χ2n) is 9.03. The van der Waals surface area contributed by atoms with Gasteiger partial charge < -0.3 is 10.6 Å². The summed E-state index contributed by atoms with van der Waals surface area (Å²) < 4.78 is 0. The fraction of sp³-hybridized carbons (Fsp3) is 1.00. The maximum atomic E-state index is 3.93. The fourth-order valence-electron chi connectivity index (χ4n) is 7.12. The highest BCUT2D eigenvalue weighted by molar-refractivity contribution is 5.19. The zero-order chi connectivity index (χ0) is 14.9. The summed E-state index contributed by atoms with van der Waals surface area (Å²) >= 11 is 0. The highest BCUT2D eigenvalue weighted by Crippen LogP contribution is 2.56. The Hall–Kier alpha value is -0.160. The lowest BCUT2D eigenvalue weighted by atomic mass is 9.58. The maximum Gasteiger partial charge on any atom is 0.0457 e. The van der Waals surface area contributed by atoms with E-state index in [-0.39, 0.29) is 0 Å². The number of rotatable bonds is 0. The zero-order valence-corrected chi connectivity index (χ0v) is 14.1. The molecule has 5 aliphatic rings. The van der Waals surface area contributed by atoms with Crippen LogP contribution in [0.25, 0.3) is 0 Å². The first-order chi connectivity index (χ1) is 10.7. The van der Waals surface area contributed by atoms with Crippen LogP contribution in [0.4, 0.5) is 0 Å². The molecule has 4 nitrogen and oxygen atoms in total. The van der Waals surface area contributed by atoms with Crippen LogP contribution < -0.4 is 16.0 Å². The van der Waals surface area contributed by atoms with Crippen LogP contribution in [0.3, 0.4) is 0 Å². The molecule has 0 aromatic rings. The molecule has 124 valence electrons. The molecule has 1 saturated carbocycles. The first kappa shape index (κ1) is 14.2. The second-order valence-corrected chi connectivity index (χ2v) is 9.03. The Morgan fingerprint density at radius 2 is 1.91 bits per heavy atom. The van der Waals surface area contributed by atoms with Crippen molar-refractivity contribution in [2.75, 3.05) is 19.8 Å². The number of nitrogens with one attached hydrogen (secondary N) is 3. The topological polar surface area (TPSA) is 39.3 Å². The van der Waals surface area contributed by atoms with E-state index >= 15 is 0 Å². The molecule has 4 saturated heterocycles. The minimum Gasteiger partial charge on any atom is -0.312 e. The Bertz CT molecular complexity index is 450. The third kappa shape index (κ3) is 1.73. The lowest BCUT2D eigenvalue weighted by molar-refractivity contribution is -0.0969. The first-order valence-corrected chi connectivity index (χ1v) is 9.64. The average Bonchev–Trinajstić information content (AvgIpc) is 2.88. The second kappa shape index (κ2) is 4.92. The van der Waals surface area contributed by atoms with Gasteiger partial charge in [0.15, 0.2) is 0 Å². The molecule has 1 aliphatic carbocycles. The number of fused-ring (bicyclic) bond motifs is 5. The van der Waals surface area contributed by atoms with Crippen LogP contribution in [0.5, 0.6) is 0 Å². The predicted molar refractivity (Wildman–Crippen MR) is 88.6 cm³/mol. The van der Waals surface area contributed by atoms with Crippen molar-refractivity contribution in [3.63, 3.8) is 0 Å². The van der Waals surface area contributed by atoms with E-state index in [9.17, 15) is 0 Å². The van der Waals surface area contributed by atoms with Gasteiger partial charge in [-0.05, 0) is 49.5 Å². The highest BCUT2D eigenvalue weighted by Gasteiger charge is 2.63. The van der Waals surface area contributed by atoms with Gasteiger partial charge in [0.05, 0.1) is 0 Å². The Labute approximate surface area is 134 Å². The molecule has 0 spiro atoms. The van der Waals surface area contributed by atoms with Crippen molar-refractivity contribution in [2.45, 2.75) is 76.2 Å². The van der Waals surface area contributed by atoms with Gasteiger partial charge in [0.2, 0.25) is 0 Å². The average molecular weight is 304 g/mol. The van der Waals surface area contributed by atoms with Crippen molar-refractivity contribution in [3.05, 3.63) is 0 Å². The summed E-state index contributed by atoms with van der Waals surface area (Å²) in [6.45, 7) is 8.54. The van der Waals surface area contributed by atoms with Gasteiger partial charge in [-0.15, -0.1) is 0 Å². The van der Waals surface area contributed by atoms with E-state index in [1.54, 1.807) is 0 Å². The molecular formula is C18H32N4. The van der Waals surface area contributed by atoms with Gasteiger partial charge >= 0.3 is 0 Å². The first-order valence-electron chi connectivity index (χ1n) is 9.64. The van der Waals surface area contributed by atoms with Gasteiger partial charge in [0.25, 0.3) is 0 Å². The molecule has 4 heterocycles. The minimum atomic E-state index is 0.431. The number of hydrogen-bond acceptors (Lipinski definition) is 4. The van der Waals surface area contributed by atoms with Gasteiger partial charge in [0, 0.05) is 43.4 Å². The molecule has 22 heavy (non-hydrogen) atoms. The van der Waals surface area contributed by atoms with E-state index in [0.717, 1.165) is 36.6 Å². The molecule has 4 heteroatoms. The van der Waals surface area contributed by atoms with Crippen LogP contribution >= 0.6 is 0 Å². The number of nitrogens with zero attached hydrogens (tertiary/aromatic N) is 1. The van der Waals surface area contributed by atoms with E-state index in [0.29, 0.717) is 17.5 Å². The van der Waals surface area contributed by atoms with Crippen molar-refractivity contribution >= 4 is 0 Å². The van der Waals surface area contributed by atoms with Gasteiger partial charge in [0.1, 0.15) is 0 Å². The quantitative estimate of drug-likeness (QED) is 0.627. The zero-order valence-electron chi connectivity index (χ0n) is 14.1. The smallest absolute Gasteiger partial charge is 0.0457 e. The summed E-state index contributed by atoms with van der Waals surface area (Å²) in [6.07, 6.45) is 7.14. The molecule has 0 aromatic heterocycles. The highest BCUT2D eigenvalue weighted by atomic mass is 15.4. The Morgan fingerprint density at radius 1 is 1.00 bits per heavy atom. The van der Waals surface area contributed by atoms with Crippen molar-refractivity contribution in [1.82, 2.24) is 20.9 Å². The van der Waals surface area contributed by atoms with Gasteiger partial charge in [-0.2, -0.15) is 0 Å². The number of hydrogen-bond donors (Lipinski definition) is 3. The fourth-order valence-corrected chi connectivity index (χ4v) is 7.12. The molecule has 7 atom stereocenters. The maximum absolute atomic E-state index is 3.93. The molecule has 0 radical (unpaired) electrons. The number of piperidine rings is 2. The molecule has 4 aliphatic heterocycles. The van der Waals surface area contributed by atoms with Crippen molar-refractivity contribution < 1.29 is 0 Å². The van der Waals surface area contributed by atoms with Crippen LogP contribution in [0.15, 0.2) is 0 Å². The summed E-state index contributed by atoms with van der Waals surface area (Å²) in [6, 6.07) is 3.77. The van der Waals surface area contributed by atoms with E-state index < -0.39 is 0 Å². The van der Waals surface area contributed by atoms with Crippen molar-refractivity contribution in [1.29, 1.82) is 0 Å². The minimum absolute atomic E-state index is 0.431. The molecule has 5 rings (SSSR count). The summed E-state index contributed by atoms with van der Waals surface area (Å²) in [5.74, 6) is 1.79. The van der Waals surface area contributed by atoms with Crippen LogP contribution in [-0.2, 0) is 0 Å². The molecule has 5 fully saturated rings. The molecular weight excluding hydrogens is 272 g/mol. The largest absolute Gasteiger partial charge is 0.312 e. The van der Waals surface area contributed by atoms with E-state index in [1.165, 1.54) is 45.2 Å². The Balaban J connectivity index is 1.59. The Kier molecular flexibility index (Phi) is 3.18. The SMILES string of the molecule is CC1(C)C2CCCC3C4NCCCC4N(C4CNCNC41)C32. The summed E-state index contributed by atoms with van der Waals surface area (Å²) in [5, 5.41) is 11.4. The van der Waals surface area contributed by atoms with Crippen LogP contribution in [0, 0.1) is 17.3 Å². The molecule has 0 bridgehead atoms. The van der Waals surface area contributed by atoms with Crippen molar-refractivity contribution in [2.24, 2.45) is 17.3 Å². The van der Waals surface area contributed by atoms with Gasteiger partial charge in [-0.1, -0.05) is 20.3 Å². The third-order valence-corrected chi connectivity index (χ3v) is 7.89. The molecule has 3 N–H and O–H groups in total. The molecule has 0 amide bonds. The van der Waals surface area contributed by atoms with E-state index in [4.69, 9.17) is 0 Å². The monoisotopic (exact) mass is 304 g/mol. The summed E-state index contributed by atoms with van der Waals surface area (Å²) in [7, 11) is 0. The summed E-state index contributed by atoms with van der Waals surface area (Å²) in [4.78, 5) is 3.01. The summed E-state index contributed by atoms with van der Waals surface area (Å²) in [5.41, 5.74) is 0.431. The molecule has 7 unspecified atom stereocenters. The van der Waals surface area contributed by atoms with E-state index in [1.807, 2.05) is 0 Å². The van der Waals surface area contributed by atoms with Gasteiger partial charge in [-0.3, -0.25) is 10.2 Å². The van der Waals surface area contributed by atoms with Crippen LogP contribution in [0.2, 0.25) is 0 Å². The molecule has 0 aromatic carbocycles. The predicted octanol–water partition coefficient (Wildman–Crippen LogP) is 1.13. The van der Waals surface area contributed by atoms with Crippen LogP contribution in [-0.4, -0.2) is 54.9 Å². The normalized spacial score (nSPS) is 53.5. The lowest BCUT2D eigenvalue weighted by Crippen LogP contribution is -2.74. The lowest BCUT2D eigenvalue weighted by Gasteiger charge is -2.61.